The molecular formula is C16H25NaO5. The van der Waals surface area contributed by atoms with Crippen LogP contribution in [0.5, 0.6) is 0 Å². The molecule has 5 nitrogen and oxygen atoms in total. The van der Waals surface area contributed by atoms with Crippen molar-refractivity contribution < 1.29 is 53.7 Å². The van der Waals surface area contributed by atoms with Crippen LogP contribution in [0.25, 0.3) is 0 Å². The van der Waals surface area contributed by atoms with Gasteiger partial charge >= 0.3 is 35.5 Å². The number of esters is 1. The smallest absolute Gasteiger partial charge is 0.549 e. The zero-order valence-corrected chi connectivity index (χ0v) is 16.4. The van der Waals surface area contributed by atoms with Gasteiger partial charge in [0.15, 0.2) is 0 Å². The predicted octanol–water partition coefficient (Wildman–Crippen LogP) is -1.39. The predicted molar refractivity (Wildman–Crippen MR) is 76.3 cm³/mol. The molecule has 0 radical (unpaired) electrons. The molecule has 0 saturated heterocycles. The van der Waals surface area contributed by atoms with E-state index in [0.29, 0.717) is 31.4 Å². The molecule has 120 valence electrons. The monoisotopic (exact) mass is 320 g/mol. The summed E-state index contributed by atoms with van der Waals surface area (Å²) in [6, 6.07) is 0. The SMILES string of the molecule is COCC/C(=C/C1(C(=O)[O-])CCCC1)C(=O)OC(C)(C)C.[Na+]. The fourth-order valence-corrected chi connectivity index (χ4v) is 2.54. The fourth-order valence-electron chi connectivity index (χ4n) is 2.54. The molecule has 1 saturated carbocycles. The molecule has 22 heavy (non-hydrogen) atoms. The Balaban J connectivity index is 0.00000441. The molecule has 0 aromatic heterocycles. The van der Waals surface area contributed by atoms with E-state index < -0.39 is 23.0 Å². The first-order valence-electron chi connectivity index (χ1n) is 7.36. The average molecular weight is 320 g/mol. The third-order valence-electron chi connectivity index (χ3n) is 3.59. The first-order valence-corrected chi connectivity index (χ1v) is 7.36. The zero-order valence-electron chi connectivity index (χ0n) is 14.4. The summed E-state index contributed by atoms with van der Waals surface area (Å²) in [7, 11) is 1.54. The van der Waals surface area contributed by atoms with E-state index in [9.17, 15) is 14.7 Å². The van der Waals surface area contributed by atoms with E-state index in [2.05, 4.69) is 0 Å². The maximum Gasteiger partial charge on any atom is 1.00 e. The minimum Gasteiger partial charge on any atom is -0.549 e. The molecule has 0 aromatic carbocycles. The van der Waals surface area contributed by atoms with Crippen LogP contribution >= 0.6 is 0 Å². The number of hydrogen-bond acceptors (Lipinski definition) is 5. The van der Waals surface area contributed by atoms with Crippen LogP contribution in [-0.2, 0) is 19.1 Å². The summed E-state index contributed by atoms with van der Waals surface area (Å²) in [6.07, 6.45) is 4.55. The topological polar surface area (TPSA) is 75.7 Å². The second-order valence-electron chi connectivity index (χ2n) is 6.56. The van der Waals surface area contributed by atoms with Gasteiger partial charge in [-0.15, -0.1) is 0 Å². The van der Waals surface area contributed by atoms with Crippen molar-refractivity contribution >= 4 is 11.9 Å². The number of hydrogen-bond donors (Lipinski definition) is 0. The van der Waals surface area contributed by atoms with Crippen LogP contribution in [0.4, 0.5) is 0 Å². The van der Waals surface area contributed by atoms with Crippen molar-refractivity contribution in [3.63, 3.8) is 0 Å². The van der Waals surface area contributed by atoms with E-state index in [-0.39, 0.29) is 29.6 Å². The number of ether oxygens (including phenoxy) is 2. The van der Waals surface area contributed by atoms with Gasteiger partial charge in [0, 0.05) is 24.5 Å². The number of carbonyl (C=O) groups excluding carboxylic acids is 2. The van der Waals surface area contributed by atoms with Gasteiger partial charge in [-0.1, -0.05) is 18.9 Å². The Bertz CT molecular complexity index is 417. The van der Waals surface area contributed by atoms with Gasteiger partial charge < -0.3 is 19.4 Å². The van der Waals surface area contributed by atoms with E-state index in [1.54, 1.807) is 26.8 Å². The van der Waals surface area contributed by atoms with Gasteiger partial charge in [0.25, 0.3) is 0 Å². The molecule has 0 aromatic rings. The molecule has 0 aliphatic heterocycles. The molecule has 6 heteroatoms. The molecule has 1 aliphatic rings. The zero-order chi connectivity index (χ0) is 16.1. The van der Waals surface area contributed by atoms with Gasteiger partial charge in [-0.05, 0) is 33.6 Å². The number of rotatable bonds is 6. The van der Waals surface area contributed by atoms with Crippen molar-refractivity contribution in [1.82, 2.24) is 0 Å². The Morgan fingerprint density at radius 2 is 1.77 bits per heavy atom. The van der Waals surface area contributed by atoms with Crippen LogP contribution in [0, 0.1) is 5.41 Å². The van der Waals surface area contributed by atoms with Gasteiger partial charge in [-0.25, -0.2) is 4.79 Å². The maximum absolute atomic E-state index is 12.3. The van der Waals surface area contributed by atoms with E-state index in [1.165, 1.54) is 7.11 Å². The third kappa shape index (κ3) is 6.41. The van der Waals surface area contributed by atoms with Crippen molar-refractivity contribution in [1.29, 1.82) is 0 Å². The quantitative estimate of drug-likeness (QED) is 0.342. The molecule has 0 atom stereocenters. The summed E-state index contributed by atoms with van der Waals surface area (Å²) >= 11 is 0. The van der Waals surface area contributed by atoms with E-state index in [0.717, 1.165) is 12.8 Å². The van der Waals surface area contributed by atoms with Gasteiger partial charge in [0.2, 0.25) is 0 Å². The fraction of sp³-hybridized carbons (Fsp3) is 0.750. The largest absolute Gasteiger partial charge is 1.00 e. The summed E-state index contributed by atoms with van der Waals surface area (Å²) in [6.45, 7) is 5.68. The standard InChI is InChI=1S/C16H26O5.Na/c1-15(2,3)21-13(17)12(7-10-20-4)11-16(14(18)19)8-5-6-9-16;/h11H,5-10H2,1-4H3,(H,18,19);/q;+1/p-1/b12-11-;. The Kier molecular flexibility index (Phi) is 8.91. The molecular weight excluding hydrogens is 295 g/mol. The third-order valence-corrected chi connectivity index (χ3v) is 3.59. The van der Waals surface area contributed by atoms with Crippen LogP contribution in [0.3, 0.4) is 0 Å². The molecule has 0 unspecified atom stereocenters. The van der Waals surface area contributed by atoms with Crippen molar-refractivity contribution in [3.8, 4) is 0 Å². The minimum atomic E-state index is -1.11. The first-order chi connectivity index (χ1) is 9.70. The normalized spacial score (nSPS) is 17.7. The summed E-state index contributed by atoms with van der Waals surface area (Å²) in [5, 5.41) is 11.5. The van der Waals surface area contributed by atoms with Crippen LogP contribution in [-0.4, -0.2) is 31.3 Å². The Morgan fingerprint density at radius 1 is 1.23 bits per heavy atom. The average Bonchev–Trinajstić information content (AvgIpc) is 2.82. The van der Waals surface area contributed by atoms with Crippen molar-refractivity contribution in [2.24, 2.45) is 5.41 Å². The molecule has 0 amide bonds. The molecule has 1 rings (SSSR count). The van der Waals surface area contributed by atoms with Gasteiger partial charge in [-0.3, -0.25) is 0 Å². The summed E-state index contributed by atoms with van der Waals surface area (Å²) < 4.78 is 10.4. The van der Waals surface area contributed by atoms with Gasteiger partial charge in [0.05, 0.1) is 12.6 Å². The van der Waals surface area contributed by atoms with Crippen LogP contribution < -0.4 is 34.7 Å². The van der Waals surface area contributed by atoms with Crippen LogP contribution in [0.2, 0.25) is 0 Å². The molecule has 0 bridgehead atoms. The van der Waals surface area contributed by atoms with Gasteiger partial charge in [0.1, 0.15) is 5.60 Å². The second kappa shape index (κ2) is 9.06. The number of methoxy groups -OCH3 is 1. The molecule has 0 spiro atoms. The van der Waals surface area contributed by atoms with Crippen LogP contribution in [0.1, 0.15) is 52.9 Å². The van der Waals surface area contributed by atoms with E-state index in [1.807, 2.05) is 0 Å². The minimum absolute atomic E-state index is 0. The molecule has 0 N–H and O–H groups in total. The van der Waals surface area contributed by atoms with E-state index in [4.69, 9.17) is 9.47 Å². The Labute approximate surface area is 154 Å². The molecule has 1 aliphatic carbocycles. The second-order valence-corrected chi connectivity index (χ2v) is 6.56. The summed E-state index contributed by atoms with van der Waals surface area (Å²) in [5.74, 6) is -1.59. The Morgan fingerprint density at radius 3 is 2.18 bits per heavy atom. The maximum atomic E-state index is 12.3. The number of carboxylic acids is 1. The Hall–Kier alpha value is -0.360. The van der Waals surface area contributed by atoms with Crippen molar-refractivity contribution in [3.05, 3.63) is 11.6 Å². The molecule has 1 fully saturated rings. The number of carboxylic acid groups (broad SMARTS) is 1. The van der Waals surface area contributed by atoms with Gasteiger partial charge in [-0.2, -0.15) is 0 Å². The van der Waals surface area contributed by atoms with E-state index >= 15 is 0 Å². The summed E-state index contributed by atoms with van der Waals surface area (Å²) in [4.78, 5) is 23.8. The van der Waals surface area contributed by atoms with Crippen LogP contribution in [0.15, 0.2) is 11.6 Å². The molecule has 0 heterocycles. The summed E-state index contributed by atoms with van der Waals surface area (Å²) in [5.41, 5.74) is -1.30. The first kappa shape index (κ1) is 21.6. The van der Waals surface area contributed by atoms with Crippen molar-refractivity contribution in [2.45, 2.75) is 58.5 Å². The number of aliphatic carboxylic acids is 1. The number of carbonyl (C=O) groups is 2. The van der Waals surface area contributed by atoms with Crippen molar-refractivity contribution in [2.75, 3.05) is 13.7 Å².